The van der Waals surface area contributed by atoms with Gasteiger partial charge in [-0.15, -0.1) is 0 Å². The molecule has 65 heavy (non-hydrogen) atoms. The number of primary amides is 1. The number of unbranched alkanes of at least 4 members (excludes halogenated alkanes) is 2. The normalized spacial score (nSPS) is 30.1. The molecule has 5 rings (SSSR count). The Morgan fingerprint density at radius 3 is 2.12 bits per heavy atom. The van der Waals surface area contributed by atoms with E-state index in [0.29, 0.717) is 49.6 Å². The van der Waals surface area contributed by atoms with E-state index in [4.69, 9.17) is 28.8 Å². The number of aryl methyl sites for hydroxylation is 1. The summed E-state index contributed by atoms with van der Waals surface area (Å²) in [6.45, 7) is 11.6. The average Bonchev–Trinajstić information content (AvgIpc) is 3.62. The zero-order valence-corrected chi connectivity index (χ0v) is 41.2. The van der Waals surface area contributed by atoms with Gasteiger partial charge in [0, 0.05) is 25.4 Å². The summed E-state index contributed by atoms with van der Waals surface area (Å²) < 4.78 is 44.3. The summed E-state index contributed by atoms with van der Waals surface area (Å²) in [5.41, 5.74) is 7.84. The summed E-state index contributed by atoms with van der Waals surface area (Å²) >= 11 is 0. The van der Waals surface area contributed by atoms with Crippen LogP contribution in [0.5, 0.6) is 5.75 Å². The van der Waals surface area contributed by atoms with Gasteiger partial charge in [-0.1, -0.05) is 79.2 Å². The lowest BCUT2D eigenvalue weighted by molar-refractivity contribution is -0.158. The lowest BCUT2D eigenvalue weighted by Gasteiger charge is -2.50. The summed E-state index contributed by atoms with van der Waals surface area (Å²) in [7, 11) is -2.44. The molecule has 0 radical (unpaired) electrons. The molecule has 0 saturated heterocycles. The van der Waals surface area contributed by atoms with E-state index in [2.05, 4.69) is 46.0 Å². The minimum Gasteiger partial charge on any atom is -0.462 e. The second-order valence-corrected chi connectivity index (χ2v) is 21.6. The summed E-state index contributed by atoms with van der Waals surface area (Å²) in [5.74, 6) is -0.200. The first-order valence-electron chi connectivity index (χ1n) is 25.2. The Morgan fingerprint density at radius 1 is 0.877 bits per heavy atom. The van der Waals surface area contributed by atoms with Crippen molar-refractivity contribution in [3.8, 4) is 5.75 Å². The second-order valence-electron chi connectivity index (χ2n) is 20.0. The number of methoxy groups -OCH3 is 1. The molecule has 0 aliphatic heterocycles. The summed E-state index contributed by atoms with van der Waals surface area (Å²) in [6.07, 6.45) is 9.97. The average molecular weight is 935 g/mol. The molecule has 6 N–H and O–H groups in total. The van der Waals surface area contributed by atoms with Gasteiger partial charge in [0.25, 0.3) is 0 Å². The van der Waals surface area contributed by atoms with Crippen LogP contribution in [0.25, 0.3) is 0 Å². The lowest BCUT2D eigenvalue weighted by atomic mass is 9.55. The largest absolute Gasteiger partial charge is 0.530 e. The lowest BCUT2D eigenvalue weighted by Crippen LogP contribution is -2.57. The molecule has 13 atom stereocenters. The summed E-state index contributed by atoms with van der Waals surface area (Å²) in [5, 5.41) is 34.8. The van der Waals surface area contributed by atoms with Crippen molar-refractivity contribution < 1.29 is 57.3 Å². The maximum Gasteiger partial charge on any atom is 0.530 e. The number of aliphatic hydroxyl groups is 3. The monoisotopic (exact) mass is 935 g/mol. The van der Waals surface area contributed by atoms with Crippen molar-refractivity contribution in [2.24, 2.45) is 40.7 Å². The number of benzene rings is 1. The number of phosphoric acid groups is 1. The fourth-order valence-electron chi connectivity index (χ4n) is 11.5. The molecule has 0 spiro atoms. The molecule has 370 valence electrons. The molecule has 4 aliphatic carbocycles. The quantitative estimate of drug-likeness (QED) is 0.0415. The molecule has 1 aromatic carbocycles. The molecule has 3 saturated carbocycles. The van der Waals surface area contributed by atoms with Crippen molar-refractivity contribution in [3.05, 3.63) is 29.3 Å². The molecule has 14 nitrogen and oxygen atoms in total. The van der Waals surface area contributed by atoms with Crippen molar-refractivity contribution in [1.29, 1.82) is 0 Å². The van der Waals surface area contributed by atoms with Crippen LogP contribution in [0, 0.1) is 35.0 Å². The number of nitrogens with two attached hydrogens (primary N) is 1. The van der Waals surface area contributed by atoms with Crippen molar-refractivity contribution in [2.45, 2.75) is 206 Å². The summed E-state index contributed by atoms with van der Waals surface area (Å²) in [4.78, 5) is 37.8. The topological polar surface area (TPSA) is 213 Å². The number of phosphoric ester groups is 1. The van der Waals surface area contributed by atoms with Crippen LogP contribution < -0.4 is 15.6 Å². The van der Waals surface area contributed by atoms with Crippen LogP contribution in [0.3, 0.4) is 0 Å². The zero-order chi connectivity index (χ0) is 47.3. The van der Waals surface area contributed by atoms with Crippen LogP contribution in [0.1, 0.15) is 174 Å². The SMILES string of the molecule is CCCCC(CC)COP(=O)(OCC(CC)CCCC)Oc1ccc2c(c1)CCC1C2CCC2(C)C(OC(=O)CCC(O)C(O)CCC(=O)NC3CCC(OC)C(C(N)=O)C3O)CCC12. The van der Waals surface area contributed by atoms with Crippen LogP contribution in [0.4, 0.5) is 0 Å². The molecule has 1 aromatic rings. The highest BCUT2D eigenvalue weighted by Crippen LogP contribution is 2.62. The Balaban J connectivity index is 1.11. The molecular formula is C50H83N2O12P. The first kappa shape index (κ1) is 53.4. The van der Waals surface area contributed by atoms with E-state index in [9.17, 15) is 34.3 Å². The molecule has 15 heteroatoms. The first-order chi connectivity index (χ1) is 31.1. The Kier molecular flexibility index (Phi) is 20.7. The number of carbonyl (C=O) groups is 3. The van der Waals surface area contributed by atoms with Crippen molar-refractivity contribution in [2.75, 3.05) is 20.3 Å². The number of amides is 2. The smallest absolute Gasteiger partial charge is 0.462 e. The zero-order valence-electron chi connectivity index (χ0n) is 40.3. The Morgan fingerprint density at radius 2 is 1.52 bits per heavy atom. The van der Waals surface area contributed by atoms with Crippen molar-refractivity contribution in [3.63, 3.8) is 0 Å². The Hall–Kier alpha value is -2.58. The summed E-state index contributed by atoms with van der Waals surface area (Å²) in [6, 6.07) is 5.43. The third-order valence-corrected chi connectivity index (χ3v) is 17.2. The van der Waals surface area contributed by atoms with Gasteiger partial charge in [-0.25, -0.2) is 4.57 Å². The van der Waals surface area contributed by atoms with E-state index in [0.717, 1.165) is 89.9 Å². The standard InChI is InChI=1S/C50H83N2O12P/c1-7-11-13-32(9-3)30-61-65(59,62-31-33(10-4)14-12-8-2)64-35-16-18-36-34(29-35)15-17-38-37(36)27-28-50(5)39(38)19-24-44(50)63-46(56)26-22-42(54)41(53)21-25-45(55)52-40-20-23-43(60-6)47(48(40)57)49(51)58/h16,18,29,32-33,37-44,47-48,53-54,57H,7-15,17,19-28,30-31H2,1-6H3,(H2,51,58)(H,52,55). The number of rotatable bonds is 27. The highest BCUT2D eigenvalue weighted by atomic mass is 31.2. The van der Waals surface area contributed by atoms with Gasteiger partial charge >= 0.3 is 13.8 Å². The Bertz CT molecular complexity index is 1710. The van der Waals surface area contributed by atoms with Gasteiger partial charge in [-0.3, -0.25) is 23.4 Å². The molecule has 3 fully saturated rings. The fourth-order valence-corrected chi connectivity index (χ4v) is 12.9. The van der Waals surface area contributed by atoms with Crippen LogP contribution in [0.15, 0.2) is 18.2 Å². The van der Waals surface area contributed by atoms with Gasteiger partial charge in [0.2, 0.25) is 11.8 Å². The van der Waals surface area contributed by atoms with Gasteiger partial charge < -0.3 is 40.4 Å². The van der Waals surface area contributed by atoms with Gasteiger partial charge in [-0.2, -0.15) is 0 Å². The van der Waals surface area contributed by atoms with Crippen LogP contribution in [-0.4, -0.2) is 90.0 Å². The number of aliphatic hydroxyl groups excluding tert-OH is 3. The van der Waals surface area contributed by atoms with E-state index in [1.54, 1.807) is 0 Å². The molecule has 4 aliphatic rings. The predicted octanol–water partition coefficient (Wildman–Crippen LogP) is 8.45. The highest BCUT2D eigenvalue weighted by Gasteiger charge is 2.56. The van der Waals surface area contributed by atoms with Crippen molar-refractivity contribution >= 4 is 25.6 Å². The van der Waals surface area contributed by atoms with E-state index in [1.807, 2.05) is 12.1 Å². The Labute approximate surface area is 388 Å². The van der Waals surface area contributed by atoms with Gasteiger partial charge in [0.1, 0.15) is 11.9 Å². The van der Waals surface area contributed by atoms with Crippen LogP contribution in [-0.2, 0) is 43.9 Å². The predicted molar refractivity (Wildman–Crippen MR) is 249 cm³/mol. The number of carbonyl (C=O) groups excluding carboxylic acids is 3. The van der Waals surface area contributed by atoms with Gasteiger partial charge in [-0.05, 0) is 130 Å². The van der Waals surface area contributed by atoms with E-state index in [-0.39, 0.29) is 49.0 Å². The number of fused-ring (bicyclic) bond motifs is 5. The molecule has 2 amide bonds. The fraction of sp³-hybridized carbons (Fsp3) is 0.820. The number of nitrogens with one attached hydrogen (secondary N) is 1. The third kappa shape index (κ3) is 14.0. The first-order valence-corrected chi connectivity index (χ1v) is 26.6. The van der Waals surface area contributed by atoms with E-state index < -0.39 is 62.0 Å². The molecule has 0 bridgehead atoms. The van der Waals surface area contributed by atoms with Crippen LogP contribution >= 0.6 is 7.82 Å². The maximum atomic E-state index is 14.3. The third-order valence-electron chi connectivity index (χ3n) is 15.8. The van der Waals surface area contributed by atoms with E-state index >= 15 is 0 Å². The van der Waals surface area contributed by atoms with E-state index in [1.165, 1.54) is 18.2 Å². The number of hydrogen-bond donors (Lipinski definition) is 5. The maximum absolute atomic E-state index is 14.3. The van der Waals surface area contributed by atoms with Gasteiger partial charge in [0.05, 0.1) is 49.6 Å². The molecule has 0 aromatic heterocycles. The van der Waals surface area contributed by atoms with Crippen molar-refractivity contribution in [1.82, 2.24) is 5.32 Å². The number of ether oxygens (including phenoxy) is 2. The minimum absolute atomic E-state index is 0.00809. The second kappa shape index (κ2) is 25.2. The van der Waals surface area contributed by atoms with Gasteiger partial charge in [0.15, 0.2) is 0 Å². The number of esters is 1. The minimum atomic E-state index is -3.89. The van der Waals surface area contributed by atoms with Crippen LogP contribution in [0.2, 0.25) is 0 Å². The highest BCUT2D eigenvalue weighted by molar-refractivity contribution is 7.48. The molecule has 13 unspecified atom stereocenters. The molecular weight excluding hydrogens is 852 g/mol. The number of hydrogen-bond acceptors (Lipinski definition) is 12. The molecule has 0 heterocycles.